The number of carbonyl (C=O) groups is 1. The van der Waals surface area contributed by atoms with E-state index >= 15 is 0 Å². The number of para-hydroxylation sites is 2. The van der Waals surface area contributed by atoms with Crippen LogP contribution in [-0.2, 0) is 11.3 Å². The normalized spacial score (nSPS) is 11.0. The van der Waals surface area contributed by atoms with Gasteiger partial charge in [-0.15, -0.1) is 0 Å². The highest BCUT2D eigenvalue weighted by molar-refractivity contribution is 5.82. The number of aromatic nitrogens is 2. The topological polar surface area (TPSA) is 102 Å². The molecule has 0 fully saturated rings. The van der Waals surface area contributed by atoms with Gasteiger partial charge in [-0.2, -0.15) is 5.10 Å². The van der Waals surface area contributed by atoms with E-state index in [-0.39, 0.29) is 18.0 Å². The molecule has 1 amide bonds. The zero-order valence-electron chi connectivity index (χ0n) is 13.2. The van der Waals surface area contributed by atoms with E-state index in [2.05, 4.69) is 15.5 Å². The van der Waals surface area contributed by atoms with Gasteiger partial charge in [-0.25, -0.2) is 10.4 Å². The summed E-state index contributed by atoms with van der Waals surface area (Å²) in [6.07, 6.45) is 3.41. The molecule has 0 aliphatic rings. The molecule has 0 bridgehead atoms. The van der Waals surface area contributed by atoms with Crippen molar-refractivity contribution in [1.82, 2.24) is 15.0 Å². The minimum absolute atomic E-state index is 0.00810. The third-order valence-corrected chi connectivity index (χ3v) is 3.61. The van der Waals surface area contributed by atoms with Gasteiger partial charge in [0.2, 0.25) is 5.91 Å². The zero-order chi connectivity index (χ0) is 17.6. The predicted octanol–water partition coefficient (Wildman–Crippen LogP) is 2.48. The van der Waals surface area contributed by atoms with Crippen molar-refractivity contribution in [2.45, 2.75) is 13.0 Å². The van der Waals surface area contributed by atoms with Gasteiger partial charge in [0.05, 0.1) is 28.5 Å². The molecule has 0 atom stereocenters. The minimum Gasteiger partial charge on any atom is -0.330 e. The number of amides is 1. The van der Waals surface area contributed by atoms with Crippen LogP contribution in [0, 0.1) is 10.1 Å². The van der Waals surface area contributed by atoms with Gasteiger partial charge in [-0.1, -0.05) is 12.1 Å². The third kappa shape index (κ3) is 4.05. The lowest BCUT2D eigenvalue weighted by Crippen LogP contribution is -2.19. The van der Waals surface area contributed by atoms with Gasteiger partial charge in [-0.05, 0) is 29.8 Å². The standard InChI is InChI=1S/C17H15N5O3/c23-17(9-10-21-12-18-15-3-1-2-4-16(15)21)20-19-11-13-5-7-14(8-6-13)22(24)25/h1-8,11-12H,9-10H2,(H,20,23)/b19-11-. The maximum Gasteiger partial charge on any atom is 0.269 e. The molecule has 126 valence electrons. The van der Waals surface area contributed by atoms with Crippen LogP contribution < -0.4 is 5.43 Å². The van der Waals surface area contributed by atoms with Crippen LogP contribution in [0.3, 0.4) is 0 Å². The molecule has 3 rings (SSSR count). The van der Waals surface area contributed by atoms with Gasteiger partial charge in [0.25, 0.3) is 5.69 Å². The highest BCUT2D eigenvalue weighted by Crippen LogP contribution is 2.12. The maximum atomic E-state index is 11.9. The van der Waals surface area contributed by atoms with E-state index < -0.39 is 4.92 Å². The lowest BCUT2D eigenvalue weighted by Gasteiger charge is -2.03. The lowest BCUT2D eigenvalue weighted by molar-refractivity contribution is -0.384. The van der Waals surface area contributed by atoms with Gasteiger partial charge >= 0.3 is 0 Å². The number of imidazole rings is 1. The molecule has 0 aliphatic carbocycles. The van der Waals surface area contributed by atoms with E-state index in [1.807, 2.05) is 28.8 Å². The first kappa shape index (κ1) is 16.3. The number of hydrogen-bond donors (Lipinski definition) is 1. The quantitative estimate of drug-likeness (QED) is 0.424. The summed E-state index contributed by atoms with van der Waals surface area (Å²) in [5.74, 6) is -0.226. The molecule has 0 radical (unpaired) electrons. The van der Waals surface area contributed by atoms with E-state index in [9.17, 15) is 14.9 Å². The van der Waals surface area contributed by atoms with Crippen LogP contribution in [0.1, 0.15) is 12.0 Å². The third-order valence-electron chi connectivity index (χ3n) is 3.61. The van der Waals surface area contributed by atoms with Crippen LogP contribution in [0.15, 0.2) is 60.0 Å². The SMILES string of the molecule is O=C(CCn1cnc2ccccc21)N/N=C\c1ccc([N+](=O)[O-])cc1. The Labute approximate surface area is 142 Å². The Balaban J connectivity index is 1.51. The number of hydrogen-bond acceptors (Lipinski definition) is 5. The Morgan fingerprint density at radius 2 is 2.00 bits per heavy atom. The van der Waals surface area contributed by atoms with Gasteiger partial charge < -0.3 is 4.57 Å². The lowest BCUT2D eigenvalue weighted by atomic mass is 10.2. The molecule has 0 saturated carbocycles. The average molecular weight is 337 g/mol. The summed E-state index contributed by atoms with van der Waals surface area (Å²) in [4.78, 5) is 26.2. The van der Waals surface area contributed by atoms with E-state index in [4.69, 9.17) is 0 Å². The van der Waals surface area contributed by atoms with Gasteiger partial charge in [0, 0.05) is 25.1 Å². The Morgan fingerprint density at radius 1 is 1.24 bits per heavy atom. The summed E-state index contributed by atoms with van der Waals surface area (Å²) < 4.78 is 1.91. The van der Waals surface area contributed by atoms with Crippen molar-refractivity contribution in [3.05, 3.63) is 70.5 Å². The Kier molecular flexibility index (Phi) is 4.79. The van der Waals surface area contributed by atoms with E-state index in [0.29, 0.717) is 12.1 Å². The summed E-state index contributed by atoms with van der Waals surface area (Å²) in [7, 11) is 0. The number of nitro benzene ring substituents is 1. The Bertz CT molecular complexity index is 931. The highest BCUT2D eigenvalue weighted by atomic mass is 16.6. The van der Waals surface area contributed by atoms with Crippen molar-refractivity contribution >= 4 is 28.8 Å². The molecule has 25 heavy (non-hydrogen) atoms. The number of hydrazone groups is 1. The number of benzene rings is 2. The number of nitro groups is 1. The van der Waals surface area contributed by atoms with Gasteiger partial charge in [0.15, 0.2) is 0 Å². The summed E-state index contributed by atoms with van der Waals surface area (Å²) in [5.41, 5.74) is 4.97. The fourth-order valence-corrected chi connectivity index (χ4v) is 2.33. The summed E-state index contributed by atoms with van der Waals surface area (Å²) >= 11 is 0. The highest BCUT2D eigenvalue weighted by Gasteiger charge is 2.05. The first-order valence-corrected chi connectivity index (χ1v) is 7.60. The fourth-order valence-electron chi connectivity index (χ4n) is 2.33. The largest absolute Gasteiger partial charge is 0.330 e. The second kappa shape index (κ2) is 7.35. The molecular weight excluding hydrogens is 322 g/mol. The molecule has 2 aromatic carbocycles. The molecule has 1 aromatic heterocycles. The van der Waals surface area contributed by atoms with Crippen LogP contribution >= 0.6 is 0 Å². The summed E-state index contributed by atoms with van der Waals surface area (Å²) in [6, 6.07) is 13.6. The smallest absolute Gasteiger partial charge is 0.269 e. The number of carbonyl (C=O) groups excluding carboxylic acids is 1. The van der Waals surface area contributed by atoms with Crippen LogP contribution in [0.2, 0.25) is 0 Å². The van der Waals surface area contributed by atoms with Crippen molar-refractivity contribution < 1.29 is 9.72 Å². The fraction of sp³-hybridized carbons (Fsp3) is 0.118. The Hall–Kier alpha value is -3.55. The molecule has 1 N–H and O–H groups in total. The molecule has 0 unspecified atom stereocenters. The number of nitrogens with one attached hydrogen (secondary N) is 1. The monoisotopic (exact) mass is 337 g/mol. The van der Waals surface area contributed by atoms with Crippen molar-refractivity contribution in [3.8, 4) is 0 Å². The van der Waals surface area contributed by atoms with Crippen molar-refractivity contribution in [3.63, 3.8) is 0 Å². The molecule has 3 aromatic rings. The van der Waals surface area contributed by atoms with Gasteiger partial charge in [-0.3, -0.25) is 14.9 Å². The zero-order valence-corrected chi connectivity index (χ0v) is 13.2. The summed E-state index contributed by atoms with van der Waals surface area (Å²) in [5, 5.41) is 14.4. The van der Waals surface area contributed by atoms with Crippen LogP contribution in [-0.4, -0.2) is 26.6 Å². The van der Waals surface area contributed by atoms with Gasteiger partial charge in [0.1, 0.15) is 0 Å². The predicted molar refractivity (Wildman–Crippen MR) is 93.2 cm³/mol. The van der Waals surface area contributed by atoms with Crippen molar-refractivity contribution in [2.75, 3.05) is 0 Å². The molecule has 8 heteroatoms. The van der Waals surface area contributed by atoms with E-state index in [1.165, 1.54) is 18.3 Å². The molecular formula is C17H15N5O3. The van der Waals surface area contributed by atoms with Crippen molar-refractivity contribution in [1.29, 1.82) is 0 Å². The van der Waals surface area contributed by atoms with E-state index in [0.717, 1.165) is 11.0 Å². The van der Waals surface area contributed by atoms with Crippen molar-refractivity contribution in [2.24, 2.45) is 5.10 Å². The Morgan fingerprint density at radius 3 is 2.76 bits per heavy atom. The maximum absolute atomic E-state index is 11.9. The second-order valence-corrected chi connectivity index (χ2v) is 5.32. The number of nitrogens with zero attached hydrogens (tertiary/aromatic N) is 4. The second-order valence-electron chi connectivity index (χ2n) is 5.32. The number of fused-ring (bicyclic) bond motifs is 1. The molecule has 8 nitrogen and oxygen atoms in total. The number of rotatable bonds is 6. The summed E-state index contributed by atoms with van der Waals surface area (Å²) in [6.45, 7) is 0.499. The average Bonchev–Trinajstić information content (AvgIpc) is 3.03. The molecule has 1 heterocycles. The number of aryl methyl sites for hydroxylation is 1. The van der Waals surface area contributed by atoms with Crippen LogP contribution in [0.25, 0.3) is 11.0 Å². The number of non-ortho nitro benzene ring substituents is 1. The van der Waals surface area contributed by atoms with E-state index in [1.54, 1.807) is 18.5 Å². The first-order valence-electron chi connectivity index (χ1n) is 7.60. The molecule has 0 aliphatic heterocycles. The molecule has 0 saturated heterocycles. The first-order chi connectivity index (χ1) is 12.1. The van der Waals surface area contributed by atoms with Crippen LogP contribution in [0.4, 0.5) is 5.69 Å². The van der Waals surface area contributed by atoms with Crippen LogP contribution in [0.5, 0.6) is 0 Å². The minimum atomic E-state index is -0.470. The molecule has 0 spiro atoms.